The Morgan fingerprint density at radius 3 is 2.48 bits per heavy atom. The van der Waals surface area contributed by atoms with Crippen LogP contribution < -0.4 is 5.32 Å². The maximum atomic E-state index is 12.1. The number of nitro groups is 1. The van der Waals surface area contributed by atoms with Crippen LogP contribution >= 0.6 is 11.6 Å². The first-order valence-electron chi connectivity index (χ1n) is 6.21. The molecule has 0 aliphatic carbocycles. The Hall–Kier alpha value is -2.40. The topological polar surface area (TPSA) is 72.2 Å². The first kappa shape index (κ1) is 15.0. The Morgan fingerprint density at radius 2 is 1.90 bits per heavy atom. The summed E-state index contributed by atoms with van der Waals surface area (Å²) in [7, 11) is 0. The molecule has 0 radical (unpaired) electrons. The average Bonchev–Trinajstić information content (AvgIpc) is 2.41. The summed E-state index contributed by atoms with van der Waals surface area (Å²) in [5.74, 6) is -0.362. The lowest BCUT2D eigenvalue weighted by molar-refractivity contribution is -0.385. The predicted molar refractivity (Wildman–Crippen MR) is 82.0 cm³/mol. The highest BCUT2D eigenvalue weighted by atomic mass is 35.5. The van der Waals surface area contributed by atoms with Gasteiger partial charge in [-0.15, -0.1) is 0 Å². The molecule has 108 valence electrons. The van der Waals surface area contributed by atoms with Crippen molar-refractivity contribution in [2.24, 2.45) is 0 Å². The second-order valence-corrected chi connectivity index (χ2v) is 5.10. The number of carbonyl (C=O) groups excluding carboxylic acids is 1. The van der Waals surface area contributed by atoms with Crippen LogP contribution in [0.3, 0.4) is 0 Å². The molecule has 2 rings (SSSR count). The first-order valence-corrected chi connectivity index (χ1v) is 6.59. The molecule has 0 aliphatic heterocycles. The lowest BCUT2D eigenvalue weighted by Crippen LogP contribution is -2.12. The molecule has 0 atom stereocenters. The summed E-state index contributed by atoms with van der Waals surface area (Å²) in [6, 6.07) is 9.52. The number of anilines is 1. The molecule has 2 aromatic carbocycles. The molecule has 0 aromatic heterocycles. The first-order chi connectivity index (χ1) is 9.88. The molecule has 0 aliphatic rings. The number of aryl methyl sites for hydroxylation is 2. The van der Waals surface area contributed by atoms with Crippen molar-refractivity contribution in [3.8, 4) is 0 Å². The van der Waals surface area contributed by atoms with Crippen LogP contribution in [-0.2, 0) is 0 Å². The van der Waals surface area contributed by atoms with E-state index in [2.05, 4.69) is 5.32 Å². The number of nitro benzene ring substituents is 1. The van der Waals surface area contributed by atoms with Gasteiger partial charge in [0.1, 0.15) is 0 Å². The van der Waals surface area contributed by atoms with Gasteiger partial charge in [0, 0.05) is 17.2 Å². The van der Waals surface area contributed by atoms with E-state index in [-0.39, 0.29) is 11.6 Å². The van der Waals surface area contributed by atoms with E-state index in [9.17, 15) is 14.9 Å². The average molecular weight is 305 g/mol. The van der Waals surface area contributed by atoms with Crippen molar-refractivity contribution in [1.29, 1.82) is 0 Å². The second kappa shape index (κ2) is 5.93. The fraction of sp³-hybridized carbons (Fsp3) is 0.133. The van der Waals surface area contributed by atoms with Crippen LogP contribution in [0.15, 0.2) is 36.4 Å². The zero-order valence-corrected chi connectivity index (χ0v) is 12.3. The van der Waals surface area contributed by atoms with Crippen molar-refractivity contribution >= 4 is 28.9 Å². The number of nitrogens with zero attached hydrogens (tertiary/aromatic N) is 1. The van der Waals surface area contributed by atoms with Gasteiger partial charge >= 0.3 is 0 Å². The quantitative estimate of drug-likeness (QED) is 0.685. The molecule has 0 heterocycles. The molecule has 0 saturated carbocycles. The van der Waals surface area contributed by atoms with Crippen LogP contribution in [0.5, 0.6) is 0 Å². The van der Waals surface area contributed by atoms with Gasteiger partial charge in [-0.2, -0.15) is 0 Å². The van der Waals surface area contributed by atoms with Crippen molar-refractivity contribution < 1.29 is 9.72 Å². The van der Waals surface area contributed by atoms with Gasteiger partial charge in [0.2, 0.25) is 0 Å². The predicted octanol–water partition coefficient (Wildman–Crippen LogP) is 4.12. The van der Waals surface area contributed by atoms with Crippen LogP contribution in [-0.4, -0.2) is 10.8 Å². The third-order valence-corrected chi connectivity index (χ3v) is 3.34. The lowest BCUT2D eigenvalue weighted by atomic mass is 10.1. The van der Waals surface area contributed by atoms with Crippen molar-refractivity contribution in [1.82, 2.24) is 0 Å². The molecule has 0 fully saturated rings. The van der Waals surface area contributed by atoms with Crippen molar-refractivity contribution in [2.45, 2.75) is 13.8 Å². The molecular formula is C15H13ClN2O3. The van der Waals surface area contributed by atoms with Gasteiger partial charge in [-0.25, -0.2) is 0 Å². The fourth-order valence-electron chi connectivity index (χ4n) is 1.92. The van der Waals surface area contributed by atoms with Gasteiger partial charge in [-0.05, 0) is 43.7 Å². The molecule has 5 nitrogen and oxygen atoms in total. The second-order valence-electron chi connectivity index (χ2n) is 4.70. The number of benzene rings is 2. The summed E-state index contributed by atoms with van der Waals surface area (Å²) in [4.78, 5) is 22.4. The Balaban J connectivity index is 2.24. The maximum absolute atomic E-state index is 12.1. The van der Waals surface area contributed by atoms with Gasteiger partial charge in [-0.3, -0.25) is 14.9 Å². The van der Waals surface area contributed by atoms with E-state index in [1.807, 2.05) is 13.0 Å². The molecule has 21 heavy (non-hydrogen) atoms. The van der Waals surface area contributed by atoms with Crippen molar-refractivity contribution in [2.75, 3.05) is 5.32 Å². The highest BCUT2D eigenvalue weighted by Crippen LogP contribution is 2.24. The normalized spacial score (nSPS) is 10.2. The van der Waals surface area contributed by atoms with Crippen LogP contribution in [0.4, 0.5) is 11.4 Å². The summed E-state index contributed by atoms with van der Waals surface area (Å²) < 4.78 is 0. The van der Waals surface area contributed by atoms with Gasteiger partial charge in [0.15, 0.2) is 0 Å². The minimum Gasteiger partial charge on any atom is -0.321 e. The number of rotatable bonds is 3. The third kappa shape index (κ3) is 3.38. The number of nitrogens with one attached hydrogen (secondary N) is 1. The highest BCUT2D eigenvalue weighted by Gasteiger charge is 2.14. The zero-order chi connectivity index (χ0) is 15.6. The molecule has 1 amide bonds. The van der Waals surface area contributed by atoms with Crippen LogP contribution in [0.2, 0.25) is 5.02 Å². The van der Waals surface area contributed by atoms with Crippen LogP contribution in [0.25, 0.3) is 0 Å². The zero-order valence-electron chi connectivity index (χ0n) is 11.5. The molecule has 0 unspecified atom stereocenters. The Kier molecular flexibility index (Phi) is 4.23. The molecule has 1 N–H and O–H groups in total. The molecular weight excluding hydrogens is 292 g/mol. The Labute approximate surface area is 126 Å². The van der Waals surface area contributed by atoms with Crippen molar-refractivity contribution in [3.63, 3.8) is 0 Å². The minimum absolute atomic E-state index is 0.0140. The monoisotopic (exact) mass is 304 g/mol. The van der Waals surface area contributed by atoms with E-state index in [1.165, 1.54) is 18.2 Å². The smallest absolute Gasteiger partial charge is 0.272 e. The number of hydrogen-bond donors (Lipinski definition) is 1. The van der Waals surface area contributed by atoms with E-state index in [4.69, 9.17) is 11.6 Å². The fourth-order valence-corrected chi connectivity index (χ4v) is 2.20. The Bertz CT molecular complexity index is 729. The van der Waals surface area contributed by atoms with E-state index in [0.717, 1.165) is 5.56 Å². The summed E-state index contributed by atoms with van der Waals surface area (Å²) >= 11 is 6.06. The van der Waals surface area contributed by atoms with Gasteiger partial charge in [0.25, 0.3) is 11.6 Å². The van der Waals surface area contributed by atoms with E-state index in [1.54, 1.807) is 19.1 Å². The standard InChI is InChI=1S/C15H13ClN2O3/c1-9-3-5-13(12(16)7-9)17-15(19)11-4-6-14(18(20)21)10(2)8-11/h3-8H,1-2H3,(H,17,19). The maximum Gasteiger partial charge on any atom is 0.272 e. The van der Waals surface area contributed by atoms with Crippen molar-refractivity contribution in [3.05, 3.63) is 68.2 Å². The van der Waals surface area contributed by atoms with Crippen LogP contribution in [0, 0.1) is 24.0 Å². The van der Waals surface area contributed by atoms with E-state index < -0.39 is 4.92 Å². The van der Waals surface area contributed by atoms with Crippen LogP contribution in [0.1, 0.15) is 21.5 Å². The SMILES string of the molecule is Cc1ccc(NC(=O)c2ccc([N+](=O)[O-])c(C)c2)c(Cl)c1. The number of amides is 1. The molecule has 2 aromatic rings. The molecule has 0 saturated heterocycles. The Morgan fingerprint density at radius 1 is 1.19 bits per heavy atom. The molecule has 0 spiro atoms. The third-order valence-electron chi connectivity index (χ3n) is 3.03. The summed E-state index contributed by atoms with van der Waals surface area (Å²) in [5.41, 5.74) is 2.25. The van der Waals surface area contributed by atoms with E-state index >= 15 is 0 Å². The van der Waals surface area contributed by atoms with E-state index in [0.29, 0.717) is 21.8 Å². The summed E-state index contributed by atoms with van der Waals surface area (Å²) in [6.07, 6.45) is 0. The molecule has 6 heteroatoms. The minimum atomic E-state index is -0.478. The van der Waals surface area contributed by atoms with Gasteiger partial charge in [-0.1, -0.05) is 17.7 Å². The largest absolute Gasteiger partial charge is 0.321 e. The van der Waals surface area contributed by atoms with Gasteiger partial charge in [0.05, 0.1) is 15.6 Å². The summed E-state index contributed by atoms with van der Waals surface area (Å²) in [5, 5.41) is 13.9. The number of carbonyl (C=O) groups is 1. The lowest BCUT2D eigenvalue weighted by Gasteiger charge is -2.08. The summed E-state index contributed by atoms with van der Waals surface area (Å²) in [6.45, 7) is 3.49. The van der Waals surface area contributed by atoms with Gasteiger partial charge < -0.3 is 5.32 Å². The molecule has 0 bridgehead atoms. The number of hydrogen-bond acceptors (Lipinski definition) is 3. The number of halogens is 1. The highest BCUT2D eigenvalue weighted by molar-refractivity contribution is 6.34.